The summed E-state index contributed by atoms with van der Waals surface area (Å²) in [6.45, 7) is 13.0. The van der Waals surface area contributed by atoms with Crippen LogP contribution in [0.2, 0.25) is 0 Å². The van der Waals surface area contributed by atoms with Gasteiger partial charge in [0.05, 0.1) is 51.0 Å². The van der Waals surface area contributed by atoms with Crippen molar-refractivity contribution in [2.45, 2.75) is 103 Å². The fourth-order valence-corrected chi connectivity index (χ4v) is 6.51. The number of carbonyl (C=O) groups excluding carboxylic acids is 2. The van der Waals surface area contributed by atoms with Crippen LogP contribution in [0.1, 0.15) is 82.9 Å². The molecule has 2 saturated heterocycles. The number of ether oxygens (including phenoxy) is 2. The van der Waals surface area contributed by atoms with Gasteiger partial charge < -0.3 is 19.7 Å². The molecule has 2 N–H and O–H groups in total. The Morgan fingerprint density at radius 1 is 1.24 bits per heavy atom. The van der Waals surface area contributed by atoms with Gasteiger partial charge in [-0.2, -0.15) is 0 Å². The van der Waals surface area contributed by atoms with E-state index < -0.39 is 35.6 Å². The molecule has 7 atom stereocenters. The number of Topliss-reactive ketones (excluding diaryl/α,β-unsaturated/α-hetero) is 1. The van der Waals surface area contributed by atoms with Gasteiger partial charge in [0, 0.05) is 12.3 Å². The van der Waals surface area contributed by atoms with Crippen LogP contribution in [0.4, 0.5) is 0 Å². The van der Waals surface area contributed by atoms with Crippen molar-refractivity contribution in [1.29, 1.82) is 0 Å². The Hall–Kier alpha value is -2.13. The van der Waals surface area contributed by atoms with Crippen molar-refractivity contribution >= 4 is 33.3 Å². The molecule has 2 aromatic rings. The number of nitrogens with zero attached hydrogens (tertiary/aromatic N) is 1. The maximum Gasteiger partial charge on any atom is 0.309 e. The minimum absolute atomic E-state index is 0.0715. The number of hydrogen-bond donors (Lipinski definition) is 2. The summed E-state index contributed by atoms with van der Waals surface area (Å²) in [5.74, 6) is -1.68. The van der Waals surface area contributed by atoms with Gasteiger partial charge in [-0.25, -0.2) is 4.98 Å². The zero-order valence-electron chi connectivity index (χ0n) is 23.1. The molecule has 2 aliphatic rings. The Bertz CT molecular complexity index is 1190. The van der Waals surface area contributed by atoms with Crippen molar-refractivity contribution in [3.63, 3.8) is 0 Å². The van der Waals surface area contributed by atoms with Gasteiger partial charge in [-0.1, -0.05) is 39.3 Å². The summed E-state index contributed by atoms with van der Waals surface area (Å²) < 4.78 is 13.2. The van der Waals surface area contributed by atoms with Gasteiger partial charge in [-0.15, -0.1) is 17.9 Å². The molecule has 0 aliphatic carbocycles. The molecule has 4 rings (SSSR count). The van der Waals surface area contributed by atoms with E-state index in [0.717, 1.165) is 40.1 Å². The Kier molecular flexibility index (Phi) is 8.48. The molecule has 0 bridgehead atoms. The third-order valence-corrected chi connectivity index (χ3v) is 9.49. The van der Waals surface area contributed by atoms with E-state index in [1.54, 1.807) is 31.3 Å². The quantitative estimate of drug-likeness (QED) is 0.301. The standard InChI is InChI=1S/C30H41NO6S/c1-7-9-20-27(34)17(2)10-8-13-30(6)25(37-30)15-22(19-11-12-23-21(14-19)31-18(3)38-23)36-26(33)16-24(32)29(4,5)28(20)35/h7,11-12,14,17,20,22,24-25,27,32,34H,1,8-10,13,15-16H2,2-6H3/t17-,20+,22-,24-,25+,27-,30+/m0/s1. The average Bonchev–Trinajstić information content (AvgIpc) is 3.32. The first kappa shape index (κ1) is 28.9. The summed E-state index contributed by atoms with van der Waals surface area (Å²) in [6, 6.07) is 5.92. The van der Waals surface area contributed by atoms with Crippen LogP contribution in [0.25, 0.3) is 10.2 Å². The number of aliphatic hydroxyl groups excluding tert-OH is 2. The molecule has 7 nitrogen and oxygen atoms in total. The lowest BCUT2D eigenvalue weighted by molar-refractivity contribution is -0.156. The number of ketones is 1. The number of esters is 1. The highest BCUT2D eigenvalue weighted by atomic mass is 32.1. The number of hydrogen-bond acceptors (Lipinski definition) is 8. The summed E-state index contributed by atoms with van der Waals surface area (Å²) in [4.78, 5) is 31.3. The highest BCUT2D eigenvalue weighted by molar-refractivity contribution is 7.18. The lowest BCUT2D eigenvalue weighted by Crippen LogP contribution is -2.46. The van der Waals surface area contributed by atoms with Crippen LogP contribution in [-0.2, 0) is 19.1 Å². The number of benzene rings is 1. The Balaban J connectivity index is 1.63. The molecule has 208 valence electrons. The van der Waals surface area contributed by atoms with E-state index in [-0.39, 0.29) is 29.8 Å². The predicted octanol–water partition coefficient (Wildman–Crippen LogP) is 5.46. The summed E-state index contributed by atoms with van der Waals surface area (Å²) in [5, 5.41) is 23.2. The van der Waals surface area contributed by atoms with E-state index in [0.29, 0.717) is 12.8 Å². The highest BCUT2D eigenvalue weighted by Gasteiger charge is 2.53. The fraction of sp³-hybridized carbons (Fsp3) is 0.633. The second-order valence-electron chi connectivity index (χ2n) is 11.9. The molecule has 1 aromatic carbocycles. The molecular weight excluding hydrogens is 502 g/mol. The Morgan fingerprint density at radius 3 is 2.68 bits per heavy atom. The molecule has 0 spiro atoms. The monoisotopic (exact) mass is 543 g/mol. The third kappa shape index (κ3) is 6.03. The topological polar surface area (TPSA) is 109 Å². The molecule has 0 amide bonds. The Morgan fingerprint density at radius 2 is 1.97 bits per heavy atom. The highest BCUT2D eigenvalue weighted by Crippen LogP contribution is 2.47. The van der Waals surface area contributed by atoms with Gasteiger partial charge in [0.1, 0.15) is 11.9 Å². The van der Waals surface area contributed by atoms with Gasteiger partial charge in [-0.05, 0) is 56.7 Å². The van der Waals surface area contributed by atoms with Gasteiger partial charge in [0.2, 0.25) is 0 Å². The molecule has 2 fully saturated rings. The van der Waals surface area contributed by atoms with Gasteiger partial charge in [0.15, 0.2) is 0 Å². The first-order valence-corrected chi connectivity index (χ1v) is 14.4. The van der Waals surface area contributed by atoms with Gasteiger partial charge in [-0.3, -0.25) is 9.59 Å². The second-order valence-corrected chi connectivity index (χ2v) is 13.1. The first-order chi connectivity index (χ1) is 17.9. The smallest absolute Gasteiger partial charge is 0.309 e. The van der Waals surface area contributed by atoms with Crippen LogP contribution in [0.3, 0.4) is 0 Å². The lowest BCUT2D eigenvalue weighted by atomic mass is 9.71. The maximum absolute atomic E-state index is 13.6. The number of rotatable bonds is 3. The summed E-state index contributed by atoms with van der Waals surface area (Å²) in [6.07, 6.45) is 1.71. The van der Waals surface area contributed by atoms with Crippen LogP contribution in [0.5, 0.6) is 0 Å². The fourth-order valence-electron chi connectivity index (χ4n) is 5.70. The van der Waals surface area contributed by atoms with Crippen molar-refractivity contribution in [3.05, 3.63) is 41.4 Å². The van der Waals surface area contributed by atoms with E-state index >= 15 is 0 Å². The predicted molar refractivity (Wildman–Crippen MR) is 148 cm³/mol. The van der Waals surface area contributed by atoms with Gasteiger partial charge in [0.25, 0.3) is 0 Å². The molecular formula is C30H41NO6S. The molecule has 38 heavy (non-hydrogen) atoms. The minimum Gasteiger partial charge on any atom is -0.457 e. The lowest BCUT2D eigenvalue weighted by Gasteiger charge is -2.35. The third-order valence-electron chi connectivity index (χ3n) is 8.54. The van der Waals surface area contributed by atoms with Crippen LogP contribution >= 0.6 is 11.3 Å². The maximum atomic E-state index is 13.6. The number of aryl methyl sites for hydroxylation is 1. The molecule has 0 saturated carbocycles. The Labute approximate surface area is 229 Å². The van der Waals surface area contributed by atoms with Crippen LogP contribution < -0.4 is 0 Å². The molecule has 3 heterocycles. The molecule has 8 heteroatoms. The normalized spacial score (nSPS) is 34.9. The number of fused-ring (bicyclic) bond motifs is 2. The number of carbonyl (C=O) groups is 2. The average molecular weight is 544 g/mol. The van der Waals surface area contributed by atoms with Crippen LogP contribution in [-0.4, -0.2) is 50.9 Å². The summed E-state index contributed by atoms with van der Waals surface area (Å²) in [5.41, 5.74) is 0.115. The van der Waals surface area contributed by atoms with Crippen molar-refractivity contribution in [1.82, 2.24) is 4.98 Å². The zero-order chi connectivity index (χ0) is 27.8. The van der Waals surface area contributed by atoms with Crippen molar-refractivity contribution in [2.24, 2.45) is 17.3 Å². The number of aromatic nitrogens is 1. The summed E-state index contributed by atoms with van der Waals surface area (Å²) >= 11 is 1.61. The van der Waals surface area contributed by atoms with E-state index in [2.05, 4.69) is 18.5 Å². The molecule has 1 aromatic heterocycles. The van der Waals surface area contributed by atoms with Crippen molar-refractivity contribution in [2.75, 3.05) is 0 Å². The molecule has 0 unspecified atom stereocenters. The molecule has 2 aliphatic heterocycles. The zero-order valence-corrected chi connectivity index (χ0v) is 23.9. The van der Waals surface area contributed by atoms with E-state index in [4.69, 9.17) is 9.47 Å². The van der Waals surface area contributed by atoms with E-state index in [1.807, 2.05) is 32.0 Å². The SMILES string of the molecule is C=CC[C@H]1C(=O)C(C)(C)[C@@H](O)CC(=O)O[C@H](c2ccc3sc(C)nc3c2)C[C@H]2O[C@]2(C)CCC[C@H](C)[C@@H]1O. The van der Waals surface area contributed by atoms with Crippen LogP contribution in [0, 0.1) is 24.2 Å². The van der Waals surface area contributed by atoms with E-state index in [1.165, 1.54) is 0 Å². The molecule has 0 radical (unpaired) electrons. The van der Waals surface area contributed by atoms with Crippen molar-refractivity contribution < 1.29 is 29.3 Å². The summed E-state index contributed by atoms with van der Waals surface area (Å²) in [7, 11) is 0. The largest absolute Gasteiger partial charge is 0.457 e. The number of thiazole rings is 1. The second kappa shape index (κ2) is 11.2. The number of allylic oxidation sites excluding steroid dienone is 1. The van der Waals surface area contributed by atoms with E-state index in [9.17, 15) is 19.8 Å². The van der Waals surface area contributed by atoms with Gasteiger partial charge >= 0.3 is 5.97 Å². The first-order valence-electron chi connectivity index (χ1n) is 13.6. The number of cyclic esters (lactones) is 1. The number of epoxide rings is 1. The number of aliphatic hydroxyl groups is 2. The van der Waals surface area contributed by atoms with Crippen LogP contribution in [0.15, 0.2) is 30.9 Å². The van der Waals surface area contributed by atoms with Crippen molar-refractivity contribution in [3.8, 4) is 0 Å². The minimum atomic E-state index is -1.27.